The molecule has 1 saturated heterocycles. The van der Waals surface area contributed by atoms with Crippen LogP contribution in [0.4, 0.5) is 0 Å². The lowest BCUT2D eigenvalue weighted by atomic mass is 10.3. The summed E-state index contributed by atoms with van der Waals surface area (Å²) in [7, 11) is 0. The molecule has 1 heterocycles. The zero-order chi connectivity index (χ0) is 10.4. The molecule has 7 nitrogen and oxygen atoms in total. The maximum absolute atomic E-state index is 10.9. The fraction of sp³-hybridized carbons (Fsp3) is 0.571. The van der Waals surface area contributed by atoms with Crippen LogP contribution in [0, 0.1) is 0 Å². The van der Waals surface area contributed by atoms with Gasteiger partial charge in [0.15, 0.2) is 0 Å². The SMILES string of the molecule is CC(=COCC1CO1)C(=O)ON=[N+]=[N-]. The predicted molar refractivity (Wildman–Crippen MR) is 44.7 cm³/mol. The molecule has 1 aliphatic heterocycles. The third kappa shape index (κ3) is 3.79. The molecule has 0 bridgehead atoms. The normalized spacial score (nSPS) is 19.5. The molecule has 0 aromatic carbocycles. The second kappa shape index (κ2) is 5.11. The van der Waals surface area contributed by atoms with Gasteiger partial charge in [-0.25, -0.2) is 4.79 Å². The monoisotopic (exact) mass is 199 g/mol. The van der Waals surface area contributed by atoms with E-state index in [9.17, 15) is 4.79 Å². The van der Waals surface area contributed by atoms with Crippen molar-refractivity contribution in [2.45, 2.75) is 13.0 Å². The summed E-state index contributed by atoms with van der Waals surface area (Å²) in [5.41, 5.74) is 8.09. The van der Waals surface area contributed by atoms with Crippen molar-refractivity contribution in [3.8, 4) is 0 Å². The second-order valence-electron chi connectivity index (χ2n) is 2.64. The van der Waals surface area contributed by atoms with Gasteiger partial charge in [0.1, 0.15) is 18.0 Å². The Labute approximate surface area is 79.8 Å². The first-order chi connectivity index (χ1) is 6.74. The summed E-state index contributed by atoms with van der Waals surface area (Å²) in [6.45, 7) is 2.59. The number of carbonyl (C=O) groups is 1. The van der Waals surface area contributed by atoms with Gasteiger partial charge in [0, 0.05) is 4.91 Å². The lowest BCUT2D eigenvalue weighted by Gasteiger charge is -1.98. The van der Waals surface area contributed by atoms with E-state index in [-0.39, 0.29) is 11.7 Å². The van der Waals surface area contributed by atoms with Crippen molar-refractivity contribution >= 4 is 5.97 Å². The number of ether oxygens (including phenoxy) is 2. The number of hydrogen-bond acceptors (Lipinski definition) is 5. The highest BCUT2D eigenvalue weighted by Gasteiger charge is 2.22. The van der Waals surface area contributed by atoms with E-state index in [4.69, 9.17) is 15.0 Å². The minimum Gasteiger partial charge on any atom is -0.498 e. The standard InChI is InChI=1S/C7H9N3O4/c1-5(7(11)14-10-9-8)2-12-3-6-4-13-6/h2,6H,3-4H2,1H3. The largest absolute Gasteiger partial charge is 0.498 e. The van der Waals surface area contributed by atoms with Gasteiger partial charge in [0.25, 0.3) is 0 Å². The number of epoxide rings is 1. The Hall–Kier alpha value is -1.72. The number of hydrogen-bond donors (Lipinski definition) is 0. The molecule has 1 fully saturated rings. The van der Waals surface area contributed by atoms with E-state index in [1.807, 2.05) is 0 Å². The van der Waals surface area contributed by atoms with Crippen LogP contribution in [-0.2, 0) is 19.1 Å². The zero-order valence-corrected chi connectivity index (χ0v) is 7.54. The fourth-order valence-electron chi connectivity index (χ4n) is 0.620. The Balaban J connectivity index is 2.25. The number of rotatable bonds is 5. The summed E-state index contributed by atoms with van der Waals surface area (Å²) in [5.74, 6) is -0.737. The second-order valence-corrected chi connectivity index (χ2v) is 2.64. The van der Waals surface area contributed by atoms with Crippen LogP contribution < -0.4 is 0 Å². The summed E-state index contributed by atoms with van der Waals surface area (Å²) < 4.78 is 9.88. The molecule has 0 N–H and O–H groups in total. The van der Waals surface area contributed by atoms with Crippen molar-refractivity contribution in [2.75, 3.05) is 13.2 Å². The van der Waals surface area contributed by atoms with Gasteiger partial charge in [-0.1, -0.05) is 0 Å². The van der Waals surface area contributed by atoms with Gasteiger partial charge in [0.2, 0.25) is 0 Å². The van der Waals surface area contributed by atoms with Gasteiger partial charge >= 0.3 is 5.97 Å². The summed E-state index contributed by atoms with van der Waals surface area (Å²) in [4.78, 5) is 17.3. The van der Waals surface area contributed by atoms with Crippen LogP contribution in [0.5, 0.6) is 0 Å². The molecule has 1 atom stereocenters. The van der Waals surface area contributed by atoms with Crippen molar-refractivity contribution in [2.24, 2.45) is 5.28 Å². The molecule has 76 valence electrons. The van der Waals surface area contributed by atoms with Crippen LogP contribution in [0.1, 0.15) is 6.92 Å². The van der Waals surface area contributed by atoms with Gasteiger partial charge in [-0.15, -0.1) is 0 Å². The number of azide groups is 1. The van der Waals surface area contributed by atoms with Crippen molar-refractivity contribution in [3.63, 3.8) is 0 Å². The minimum absolute atomic E-state index is 0.132. The number of nitrogens with zero attached hydrogens (tertiary/aromatic N) is 3. The molecule has 0 aromatic heterocycles. The average Bonchev–Trinajstić information content (AvgIpc) is 2.97. The first-order valence-corrected chi connectivity index (χ1v) is 3.89. The van der Waals surface area contributed by atoms with E-state index >= 15 is 0 Å². The fourth-order valence-corrected chi connectivity index (χ4v) is 0.620. The molecule has 1 aliphatic rings. The van der Waals surface area contributed by atoms with Crippen LogP contribution in [-0.4, -0.2) is 25.3 Å². The molecule has 1 rings (SSSR count). The summed E-state index contributed by atoms with van der Waals surface area (Å²) in [5, 5.41) is 2.66. The highest BCUT2D eigenvalue weighted by molar-refractivity contribution is 5.87. The summed E-state index contributed by atoms with van der Waals surface area (Å²) in [6.07, 6.45) is 1.38. The first kappa shape index (κ1) is 10.4. The zero-order valence-electron chi connectivity index (χ0n) is 7.54. The van der Waals surface area contributed by atoms with Crippen molar-refractivity contribution in [3.05, 3.63) is 22.3 Å². The van der Waals surface area contributed by atoms with Crippen LogP contribution >= 0.6 is 0 Å². The van der Waals surface area contributed by atoms with E-state index in [0.29, 0.717) is 13.2 Å². The summed E-state index contributed by atoms with van der Waals surface area (Å²) in [6, 6.07) is 0. The Morgan fingerprint density at radius 3 is 3.14 bits per heavy atom. The van der Waals surface area contributed by atoms with Gasteiger partial charge in [-0.05, 0) is 12.5 Å². The van der Waals surface area contributed by atoms with Crippen molar-refractivity contribution < 1.29 is 19.1 Å². The summed E-state index contributed by atoms with van der Waals surface area (Å²) >= 11 is 0. The van der Waals surface area contributed by atoms with Crippen LogP contribution in [0.3, 0.4) is 0 Å². The van der Waals surface area contributed by atoms with Gasteiger partial charge in [-0.2, -0.15) is 0 Å². The molecule has 7 heteroatoms. The van der Waals surface area contributed by atoms with Crippen LogP contribution in [0.25, 0.3) is 10.4 Å². The van der Waals surface area contributed by atoms with E-state index in [1.165, 1.54) is 13.2 Å². The first-order valence-electron chi connectivity index (χ1n) is 3.89. The maximum Gasteiger partial charge on any atom is 0.348 e. The van der Waals surface area contributed by atoms with Crippen LogP contribution in [0.2, 0.25) is 0 Å². The molecular weight excluding hydrogens is 190 g/mol. The van der Waals surface area contributed by atoms with Gasteiger partial charge < -0.3 is 14.3 Å². The van der Waals surface area contributed by atoms with Gasteiger partial charge in [0.05, 0.1) is 18.4 Å². The third-order valence-corrected chi connectivity index (χ3v) is 1.43. The van der Waals surface area contributed by atoms with E-state index < -0.39 is 5.97 Å². The highest BCUT2D eigenvalue weighted by Crippen LogP contribution is 2.09. The van der Waals surface area contributed by atoms with Crippen LogP contribution in [0.15, 0.2) is 17.1 Å². The molecule has 0 spiro atoms. The Kier molecular flexibility index (Phi) is 3.78. The maximum atomic E-state index is 10.9. The van der Waals surface area contributed by atoms with E-state index in [0.717, 1.165) is 0 Å². The Morgan fingerprint density at radius 1 is 1.86 bits per heavy atom. The molecule has 0 aromatic rings. The topological polar surface area (TPSA) is 96.8 Å². The van der Waals surface area contributed by atoms with E-state index in [2.05, 4.69) is 15.0 Å². The Bertz CT molecular complexity index is 291. The lowest BCUT2D eigenvalue weighted by molar-refractivity contribution is -0.139. The minimum atomic E-state index is -0.737. The lowest BCUT2D eigenvalue weighted by Crippen LogP contribution is -2.03. The molecule has 0 saturated carbocycles. The number of carbonyl (C=O) groups excluding carboxylic acids is 1. The average molecular weight is 199 g/mol. The van der Waals surface area contributed by atoms with Gasteiger partial charge in [-0.3, -0.25) is 0 Å². The smallest absolute Gasteiger partial charge is 0.348 e. The predicted octanol–water partition coefficient (Wildman–Crippen LogP) is 1.07. The highest BCUT2D eigenvalue weighted by atomic mass is 16.7. The van der Waals surface area contributed by atoms with Crippen molar-refractivity contribution in [1.82, 2.24) is 0 Å². The Morgan fingerprint density at radius 2 is 2.57 bits per heavy atom. The molecule has 0 radical (unpaired) electrons. The molecular formula is C7H9N3O4. The molecule has 0 amide bonds. The third-order valence-electron chi connectivity index (χ3n) is 1.43. The molecule has 1 unspecified atom stereocenters. The molecule has 0 aliphatic carbocycles. The molecule has 14 heavy (non-hydrogen) atoms. The van der Waals surface area contributed by atoms with Crippen molar-refractivity contribution in [1.29, 1.82) is 0 Å². The van der Waals surface area contributed by atoms with E-state index in [1.54, 1.807) is 0 Å². The quantitative estimate of drug-likeness (QED) is 0.126.